The molecule has 5 aromatic rings. The summed E-state index contributed by atoms with van der Waals surface area (Å²) in [5.41, 5.74) is 5.49. The highest BCUT2D eigenvalue weighted by Gasteiger charge is 2.28. The van der Waals surface area contributed by atoms with Crippen LogP contribution in [0.25, 0.3) is 16.6 Å². The first-order chi connectivity index (χ1) is 18.4. The van der Waals surface area contributed by atoms with Gasteiger partial charge in [0, 0.05) is 30.4 Å². The van der Waals surface area contributed by atoms with Crippen molar-refractivity contribution in [1.82, 2.24) is 30.2 Å². The molecule has 1 aliphatic rings. The maximum absolute atomic E-state index is 13.4. The van der Waals surface area contributed by atoms with Gasteiger partial charge in [-0.25, -0.2) is 14.3 Å². The van der Waals surface area contributed by atoms with E-state index < -0.39 is 17.8 Å². The normalized spacial score (nSPS) is 14.5. The summed E-state index contributed by atoms with van der Waals surface area (Å²) in [4.78, 5) is 45.5. The fourth-order valence-electron chi connectivity index (χ4n) is 5.17. The van der Waals surface area contributed by atoms with Gasteiger partial charge in [0.25, 0.3) is 11.8 Å². The molecule has 6 rings (SSSR count). The predicted octanol–water partition coefficient (Wildman–Crippen LogP) is 3.56. The average Bonchev–Trinajstić information content (AvgIpc) is 3.66. The average molecular weight is 509 g/mol. The summed E-state index contributed by atoms with van der Waals surface area (Å²) >= 11 is 0. The van der Waals surface area contributed by atoms with Crippen molar-refractivity contribution < 1.29 is 19.5 Å². The van der Waals surface area contributed by atoms with Crippen LogP contribution >= 0.6 is 0 Å². The smallest absolute Gasteiger partial charge is 0.335 e. The van der Waals surface area contributed by atoms with Crippen molar-refractivity contribution in [3.8, 4) is 0 Å². The quantitative estimate of drug-likeness (QED) is 0.276. The summed E-state index contributed by atoms with van der Waals surface area (Å²) in [6, 6.07) is 14.0. The minimum absolute atomic E-state index is 0.111. The fraction of sp³-hybridized carbons (Fsp3) is 0.179. The maximum atomic E-state index is 13.4. The van der Waals surface area contributed by atoms with Crippen LogP contribution in [-0.2, 0) is 13.0 Å². The Morgan fingerprint density at radius 2 is 1.97 bits per heavy atom. The number of nitrogens with zero attached hydrogens (tertiary/aromatic N) is 3. The van der Waals surface area contributed by atoms with Crippen LogP contribution in [0.2, 0.25) is 0 Å². The summed E-state index contributed by atoms with van der Waals surface area (Å²) in [6.45, 7) is 2.11. The van der Waals surface area contributed by atoms with Crippen LogP contribution in [0.4, 0.5) is 0 Å². The molecule has 4 N–H and O–H groups in total. The van der Waals surface area contributed by atoms with E-state index in [1.54, 1.807) is 25.1 Å². The topological polar surface area (TPSA) is 141 Å². The largest absolute Gasteiger partial charge is 0.478 e. The third-order valence-electron chi connectivity index (χ3n) is 7.12. The molecule has 10 heteroatoms. The Bertz CT molecular complexity index is 1750. The van der Waals surface area contributed by atoms with Crippen LogP contribution in [-0.4, -0.2) is 42.5 Å². The van der Waals surface area contributed by atoms with Gasteiger partial charge in [-0.15, -0.1) is 0 Å². The number of fused-ring (bicyclic) bond motifs is 3. The zero-order chi connectivity index (χ0) is 26.4. The van der Waals surface area contributed by atoms with Crippen molar-refractivity contribution in [3.63, 3.8) is 0 Å². The third kappa shape index (κ3) is 4.05. The number of carbonyl (C=O) groups is 3. The molecular formula is C28H24N6O4. The van der Waals surface area contributed by atoms with Gasteiger partial charge in [0.15, 0.2) is 5.65 Å². The Morgan fingerprint density at radius 1 is 1.11 bits per heavy atom. The van der Waals surface area contributed by atoms with Gasteiger partial charge >= 0.3 is 5.97 Å². The van der Waals surface area contributed by atoms with Gasteiger partial charge in [-0.1, -0.05) is 12.1 Å². The van der Waals surface area contributed by atoms with Crippen LogP contribution in [0.5, 0.6) is 0 Å². The number of carbonyl (C=O) groups excluding carboxylic acids is 2. The number of aromatic amines is 1. The van der Waals surface area contributed by atoms with Crippen molar-refractivity contribution in [2.75, 3.05) is 0 Å². The molecule has 10 nitrogen and oxygen atoms in total. The van der Waals surface area contributed by atoms with Gasteiger partial charge in [-0.3, -0.25) is 9.59 Å². The van der Waals surface area contributed by atoms with Crippen LogP contribution < -0.4 is 10.6 Å². The van der Waals surface area contributed by atoms with Crippen molar-refractivity contribution in [3.05, 3.63) is 100 Å². The molecule has 0 bridgehead atoms. The van der Waals surface area contributed by atoms with E-state index in [4.69, 9.17) is 0 Å². The molecule has 3 aromatic heterocycles. The summed E-state index contributed by atoms with van der Waals surface area (Å²) in [7, 11) is 0. The number of hydrogen-bond acceptors (Lipinski definition) is 5. The third-order valence-corrected chi connectivity index (χ3v) is 7.12. The number of carboxylic acids is 1. The molecule has 1 atom stereocenters. The molecule has 0 radical (unpaired) electrons. The maximum Gasteiger partial charge on any atom is 0.335 e. The summed E-state index contributed by atoms with van der Waals surface area (Å²) in [6.07, 6.45) is 4.71. The van der Waals surface area contributed by atoms with Crippen molar-refractivity contribution in [1.29, 1.82) is 0 Å². The van der Waals surface area contributed by atoms with Gasteiger partial charge in [0.2, 0.25) is 0 Å². The molecule has 0 spiro atoms. The monoisotopic (exact) mass is 508 g/mol. The number of rotatable bonds is 6. The molecule has 2 amide bonds. The number of carboxylic acid groups (broad SMARTS) is 1. The molecule has 0 fully saturated rings. The molecule has 0 saturated carbocycles. The van der Waals surface area contributed by atoms with E-state index in [0.29, 0.717) is 25.0 Å². The highest BCUT2D eigenvalue weighted by Crippen LogP contribution is 2.35. The molecular weight excluding hydrogens is 484 g/mol. The van der Waals surface area contributed by atoms with Crippen LogP contribution in [0.1, 0.15) is 66.1 Å². The molecule has 38 heavy (non-hydrogen) atoms. The van der Waals surface area contributed by atoms with E-state index in [-0.39, 0.29) is 23.0 Å². The molecule has 2 aromatic carbocycles. The minimum atomic E-state index is -0.966. The number of H-pyrrole nitrogens is 1. The Kier molecular flexibility index (Phi) is 5.64. The Labute approximate surface area is 216 Å². The van der Waals surface area contributed by atoms with E-state index in [2.05, 4.69) is 25.7 Å². The first-order valence-corrected chi connectivity index (χ1v) is 12.2. The number of nitrogens with one attached hydrogen (secondary N) is 3. The summed E-state index contributed by atoms with van der Waals surface area (Å²) in [5, 5.41) is 20.6. The Balaban J connectivity index is 1.23. The Morgan fingerprint density at radius 3 is 2.82 bits per heavy atom. The summed E-state index contributed by atoms with van der Waals surface area (Å²) < 4.78 is 1.40. The summed E-state index contributed by atoms with van der Waals surface area (Å²) in [5.74, 6) is -1.77. The lowest BCUT2D eigenvalue weighted by Crippen LogP contribution is -2.30. The second kappa shape index (κ2) is 9.15. The van der Waals surface area contributed by atoms with Gasteiger partial charge < -0.3 is 20.7 Å². The van der Waals surface area contributed by atoms with E-state index in [1.807, 2.05) is 30.5 Å². The molecule has 0 aliphatic heterocycles. The molecule has 1 aliphatic carbocycles. The van der Waals surface area contributed by atoms with Crippen molar-refractivity contribution >= 4 is 34.3 Å². The second-order valence-corrected chi connectivity index (χ2v) is 9.39. The highest BCUT2D eigenvalue weighted by atomic mass is 16.4. The molecule has 190 valence electrons. The second-order valence-electron chi connectivity index (χ2n) is 9.39. The van der Waals surface area contributed by atoms with Gasteiger partial charge in [0.05, 0.1) is 17.8 Å². The zero-order valence-electron chi connectivity index (χ0n) is 20.5. The van der Waals surface area contributed by atoms with Gasteiger partial charge in [0.1, 0.15) is 11.4 Å². The van der Waals surface area contributed by atoms with E-state index in [1.165, 1.54) is 16.8 Å². The minimum Gasteiger partial charge on any atom is -0.478 e. The number of aromatic carboxylic acids is 1. The number of aromatic nitrogens is 4. The van der Waals surface area contributed by atoms with Crippen molar-refractivity contribution in [2.24, 2.45) is 0 Å². The lowest BCUT2D eigenvalue weighted by molar-refractivity contribution is 0.0695. The number of benzene rings is 2. The first-order valence-electron chi connectivity index (χ1n) is 12.2. The molecule has 3 heterocycles. The lowest BCUT2D eigenvalue weighted by atomic mass is 9.98. The van der Waals surface area contributed by atoms with Crippen LogP contribution in [0.3, 0.4) is 0 Å². The van der Waals surface area contributed by atoms with Crippen molar-refractivity contribution in [2.45, 2.75) is 32.4 Å². The SMILES string of the molecule is Cc1c(C(=O)O)ccc2c1CC[C@@H]2NC(=O)c1cc(C(=O)NCc2ccc3[nH]ccc3c2)nc2ccnn12. The molecule has 0 unspecified atom stereocenters. The van der Waals surface area contributed by atoms with Crippen LogP contribution in [0, 0.1) is 6.92 Å². The van der Waals surface area contributed by atoms with E-state index in [9.17, 15) is 19.5 Å². The fourth-order valence-corrected chi connectivity index (χ4v) is 5.17. The Hall–Kier alpha value is -4.99. The molecule has 0 saturated heterocycles. The van der Waals surface area contributed by atoms with Crippen LogP contribution in [0.15, 0.2) is 60.9 Å². The standard InChI is InChI=1S/C28H24N6O4/c1-15-18-5-7-22(20(18)4-3-19(15)28(37)38)33-27(36)24-13-23(32-25-9-11-31-34(24)25)26(35)30-14-16-2-6-21-17(12-16)8-10-29-21/h2-4,6,8-13,22,29H,5,7,14H2,1H3,(H,30,35)(H,33,36)(H,37,38)/t22-/m0/s1. The number of amides is 2. The first kappa shape index (κ1) is 23.4. The van der Waals surface area contributed by atoms with Gasteiger partial charge in [-0.2, -0.15) is 5.10 Å². The zero-order valence-corrected chi connectivity index (χ0v) is 20.5. The van der Waals surface area contributed by atoms with E-state index >= 15 is 0 Å². The number of hydrogen-bond donors (Lipinski definition) is 4. The lowest BCUT2D eigenvalue weighted by Gasteiger charge is -2.16. The van der Waals surface area contributed by atoms with Gasteiger partial charge in [-0.05, 0) is 71.7 Å². The highest BCUT2D eigenvalue weighted by molar-refractivity contribution is 5.98. The predicted molar refractivity (Wildman–Crippen MR) is 139 cm³/mol. The van der Waals surface area contributed by atoms with E-state index in [0.717, 1.165) is 33.2 Å².